The maximum absolute atomic E-state index is 12.4. The second-order valence-corrected chi connectivity index (χ2v) is 9.38. The molecule has 2 aromatic carbocycles. The van der Waals surface area contributed by atoms with Crippen LogP contribution in [-0.4, -0.2) is 21.1 Å². The van der Waals surface area contributed by atoms with E-state index in [1.54, 1.807) is 11.8 Å². The van der Waals surface area contributed by atoms with E-state index in [4.69, 9.17) is 9.15 Å². The fraction of sp³-hybridized carbons (Fsp3) is 0.250. The molecule has 0 aliphatic heterocycles. The van der Waals surface area contributed by atoms with Gasteiger partial charge in [-0.15, -0.1) is 21.5 Å². The van der Waals surface area contributed by atoms with Gasteiger partial charge in [-0.05, 0) is 50.1 Å². The van der Waals surface area contributed by atoms with Crippen LogP contribution < -0.4 is 9.64 Å². The highest BCUT2D eigenvalue weighted by atomic mass is 32.2. The molecule has 0 fully saturated rings. The molecule has 0 unspecified atom stereocenters. The van der Waals surface area contributed by atoms with E-state index in [1.165, 1.54) is 23.1 Å². The Bertz CT molecular complexity index is 1270. The molecule has 7 nitrogen and oxygen atoms in total. The van der Waals surface area contributed by atoms with E-state index in [-0.39, 0.29) is 12.5 Å². The molecule has 33 heavy (non-hydrogen) atoms. The number of hydrogen-bond acceptors (Lipinski definition) is 8. The maximum Gasteiger partial charge on any atom is 0.277 e. The van der Waals surface area contributed by atoms with Crippen LogP contribution in [0.25, 0.3) is 0 Å². The van der Waals surface area contributed by atoms with Crippen LogP contribution in [0.3, 0.4) is 0 Å². The van der Waals surface area contributed by atoms with Crippen LogP contribution >= 0.6 is 23.1 Å². The number of amides is 1. The van der Waals surface area contributed by atoms with Gasteiger partial charge < -0.3 is 9.15 Å². The van der Waals surface area contributed by atoms with Crippen LogP contribution in [0.1, 0.15) is 35.2 Å². The summed E-state index contributed by atoms with van der Waals surface area (Å²) in [5.41, 5.74) is 4.99. The molecule has 2 heterocycles. The Kier molecular flexibility index (Phi) is 7.10. The van der Waals surface area contributed by atoms with E-state index >= 15 is 0 Å². The molecule has 0 bridgehead atoms. The molecule has 9 heteroatoms. The van der Waals surface area contributed by atoms with E-state index in [1.807, 2.05) is 62.5 Å². The Labute approximate surface area is 200 Å². The number of carbonyl (C=O) groups excluding carboxylic acids is 1. The minimum absolute atomic E-state index is 0.0781. The van der Waals surface area contributed by atoms with Gasteiger partial charge in [0, 0.05) is 18.1 Å². The number of aryl methyl sites for hydroxylation is 3. The van der Waals surface area contributed by atoms with Gasteiger partial charge in [-0.1, -0.05) is 41.6 Å². The summed E-state index contributed by atoms with van der Waals surface area (Å²) in [6.07, 6.45) is 0. The predicted molar refractivity (Wildman–Crippen MR) is 130 cm³/mol. The first-order valence-corrected chi connectivity index (χ1v) is 12.2. The van der Waals surface area contributed by atoms with Crippen molar-refractivity contribution < 1.29 is 13.9 Å². The Morgan fingerprint density at radius 2 is 1.94 bits per heavy atom. The number of ether oxygens (including phenoxy) is 1. The first-order valence-electron chi connectivity index (χ1n) is 10.4. The van der Waals surface area contributed by atoms with Gasteiger partial charge in [0.1, 0.15) is 5.75 Å². The van der Waals surface area contributed by atoms with Gasteiger partial charge in [-0.3, -0.25) is 9.69 Å². The molecule has 4 aromatic rings. The fourth-order valence-corrected chi connectivity index (χ4v) is 4.93. The highest BCUT2D eigenvalue weighted by Gasteiger charge is 2.20. The lowest BCUT2D eigenvalue weighted by Crippen LogP contribution is -2.23. The number of rotatable bonds is 8. The largest absolute Gasteiger partial charge is 0.484 e. The number of thioether (sulfide) groups is 1. The van der Waals surface area contributed by atoms with Crippen molar-refractivity contribution in [3.63, 3.8) is 0 Å². The summed E-state index contributed by atoms with van der Waals surface area (Å²) in [7, 11) is 0. The smallest absolute Gasteiger partial charge is 0.277 e. The molecule has 0 N–H and O–H groups in total. The third kappa shape index (κ3) is 5.80. The van der Waals surface area contributed by atoms with Gasteiger partial charge in [0.2, 0.25) is 5.91 Å². The number of aromatic nitrogens is 3. The van der Waals surface area contributed by atoms with Crippen molar-refractivity contribution in [1.82, 2.24) is 15.2 Å². The molecule has 0 aliphatic carbocycles. The van der Waals surface area contributed by atoms with Gasteiger partial charge >= 0.3 is 0 Å². The summed E-state index contributed by atoms with van der Waals surface area (Å²) < 4.78 is 11.4. The van der Waals surface area contributed by atoms with Gasteiger partial charge in [0.05, 0.1) is 11.4 Å². The Morgan fingerprint density at radius 3 is 2.70 bits per heavy atom. The van der Waals surface area contributed by atoms with E-state index in [0.717, 1.165) is 33.8 Å². The molecule has 0 spiro atoms. The zero-order valence-electron chi connectivity index (χ0n) is 18.9. The Hall–Kier alpha value is -3.17. The number of anilines is 2. The van der Waals surface area contributed by atoms with Crippen LogP contribution in [-0.2, 0) is 17.2 Å². The molecule has 2 aromatic heterocycles. The van der Waals surface area contributed by atoms with E-state index in [9.17, 15) is 4.79 Å². The number of carbonyl (C=O) groups is 1. The molecule has 0 saturated heterocycles. The lowest BCUT2D eigenvalue weighted by molar-refractivity contribution is -0.115. The third-order valence-corrected chi connectivity index (χ3v) is 6.51. The molecule has 1 amide bonds. The fourth-order valence-electron chi connectivity index (χ4n) is 3.27. The quantitative estimate of drug-likeness (QED) is 0.286. The first-order chi connectivity index (χ1) is 15.9. The third-order valence-electron chi connectivity index (χ3n) is 4.78. The van der Waals surface area contributed by atoms with Crippen LogP contribution in [0, 0.1) is 20.8 Å². The average molecular weight is 481 g/mol. The van der Waals surface area contributed by atoms with Gasteiger partial charge in [-0.2, -0.15) is 0 Å². The van der Waals surface area contributed by atoms with Crippen molar-refractivity contribution in [2.75, 3.05) is 4.90 Å². The van der Waals surface area contributed by atoms with Crippen molar-refractivity contribution >= 4 is 39.8 Å². The monoisotopic (exact) mass is 480 g/mol. The second kappa shape index (κ2) is 10.2. The zero-order chi connectivity index (χ0) is 23.4. The Balaban J connectivity index is 1.38. The number of nitrogens with zero attached hydrogens (tertiary/aromatic N) is 4. The average Bonchev–Trinajstić information content (AvgIpc) is 3.42. The van der Waals surface area contributed by atoms with Crippen molar-refractivity contribution in [3.05, 3.63) is 76.1 Å². The minimum Gasteiger partial charge on any atom is -0.484 e. The lowest BCUT2D eigenvalue weighted by Gasteiger charge is -2.20. The molecule has 0 radical (unpaired) electrons. The molecular formula is C24H24N4O3S2. The maximum atomic E-state index is 12.4. The van der Waals surface area contributed by atoms with Crippen molar-refractivity contribution in [1.29, 1.82) is 0 Å². The first kappa shape index (κ1) is 23.0. The van der Waals surface area contributed by atoms with Gasteiger partial charge in [-0.25, -0.2) is 4.98 Å². The van der Waals surface area contributed by atoms with Crippen molar-refractivity contribution in [2.45, 2.75) is 45.3 Å². The van der Waals surface area contributed by atoms with Gasteiger partial charge in [0.15, 0.2) is 11.7 Å². The summed E-state index contributed by atoms with van der Waals surface area (Å²) in [6.45, 7) is 7.80. The van der Waals surface area contributed by atoms with E-state index in [0.29, 0.717) is 22.0 Å². The van der Waals surface area contributed by atoms with Crippen LogP contribution in [0.4, 0.5) is 10.8 Å². The standard InChI is InChI=1S/C24H24N4O3S2/c1-15-6-5-7-20(11-15)30-12-22-26-27-24(31-22)33-14-19-13-32-23(25-19)28(18(4)29)21-9-8-16(2)10-17(21)3/h5-11,13H,12,14H2,1-4H3. The summed E-state index contributed by atoms with van der Waals surface area (Å²) in [5.74, 6) is 1.65. The SMILES string of the molecule is CC(=O)N(c1nc(CSc2nnc(COc3cccc(C)c3)o2)cs1)c1ccc(C)cc1C. The van der Waals surface area contributed by atoms with E-state index < -0.39 is 0 Å². The van der Waals surface area contributed by atoms with Crippen LogP contribution in [0.2, 0.25) is 0 Å². The molecule has 0 aliphatic rings. The minimum atomic E-state index is -0.0781. The Morgan fingerprint density at radius 1 is 1.12 bits per heavy atom. The van der Waals surface area contributed by atoms with E-state index in [2.05, 4.69) is 21.2 Å². The predicted octanol–water partition coefficient (Wildman–Crippen LogP) is 6.01. The zero-order valence-corrected chi connectivity index (χ0v) is 20.5. The molecular weight excluding hydrogens is 456 g/mol. The lowest BCUT2D eigenvalue weighted by atomic mass is 10.1. The summed E-state index contributed by atoms with van der Waals surface area (Å²) in [4.78, 5) is 18.7. The van der Waals surface area contributed by atoms with Crippen LogP contribution in [0.15, 0.2) is 57.5 Å². The number of thiazole rings is 1. The summed E-state index contributed by atoms with van der Waals surface area (Å²) in [6, 6.07) is 13.8. The normalized spacial score (nSPS) is 10.9. The highest BCUT2D eigenvalue weighted by molar-refractivity contribution is 7.98. The summed E-state index contributed by atoms with van der Waals surface area (Å²) >= 11 is 2.83. The van der Waals surface area contributed by atoms with Crippen molar-refractivity contribution in [2.24, 2.45) is 0 Å². The highest BCUT2D eigenvalue weighted by Crippen LogP contribution is 2.33. The molecule has 4 rings (SSSR count). The van der Waals surface area contributed by atoms with Crippen LogP contribution in [0.5, 0.6) is 5.75 Å². The second-order valence-electron chi connectivity index (χ2n) is 7.62. The number of benzene rings is 2. The summed E-state index contributed by atoms with van der Waals surface area (Å²) in [5, 5.41) is 11.2. The topological polar surface area (TPSA) is 81.4 Å². The van der Waals surface area contributed by atoms with Gasteiger partial charge in [0.25, 0.3) is 11.1 Å². The van der Waals surface area contributed by atoms with Crippen molar-refractivity contribution in [3.8, 4) is 5.75 Å². The molecule has 0 atom stereocenters. The molecule has 0 saturated carbocycles. The number of hydrogen-bond donors (Lipinski definition) is 0. The molecule has 170 valence electrons.